The van der Waals surface area contributed by atoms with Crippen LogP contribution in [0.2, 0.25) is 0 Å². The highest BCUT2D eigenvalue weighted by atomic mass is 16.5. The summed E-state index contributed by atoms with van der Waals surface area (Å²) in [6.45, 7) is 8.09. The molecule has 1 unspecified atom stereocenters. The highest BCUT2D eigenvalue weighted by Gasteiger charge is 2.55. The molecule has 2 aromatic carbocycles. The van der Waals surface area contributed by atoms with Crippen LogP contribution in [0.4, 0.5) is 0 Å². The second-order valence-electron chi connectivity index (χ2n) is 8.95. The molecule has 2 aromatic rings. The molecule has 2 aliphatic rings. The average Bonchev–Trinajstić information content (AvgIpc) is 2.89. The number of ether oxygens (including phenoxy) is 1. The quantitative estimate of drug-likeness (QED) is 0.737. The molecule has 0 fully saturated rings. The molecule has 5 heteroatoms. The van der Waals surface area contributed by atoms with Gasteiger partial charge in [0.15, 0.2) is 11.5 Å². The standard InChI is InChI=1S/C25H27N3O2/c1-16(2)9-10-17-7-6-8-18(13-17)19-11-12-21-20(14-19)25(15-24(3,4)30-21)22(29)28(5)23(26)27-25/h6-8,11-14,16H,15H2,1-5H3,(H2,26,27). The number of guanidine groups is 1. The van der Waals surface area contributed by atoms with Gasteiger partial charge in [0, 0.05) is 30.5 Å². The smallest absolute Gasteiger partial charge is 0.261 e. The number of amides is 1. The van der Waals surface area contributed by atoms with Gasteiger partial charge in [-0.2, -0.15) is 0 Å². The topological polar surface area (TPSA) is 67.9 Å². The van der Waals surface area contributed by atoms with Crippen molar-refractivity contribution in [2.75, 3.05) is 7.05 Å². The van der Waals surface area contributed by atoms with Crippen LogP contribution in [0.3, 0.4) is 0 Å². The first-order chi connectivity index (χ1) is 14.1. The van der Waals surface area contributed by atoms with E-state index in [2.05, 4.69) is 36.7 Å². The number of carbonyl (C=O) groups is 1. The average molecular weight is 402 g/mol. The van der Waals surface area contributed by atoms with Gasteiger partial charge in [-0.25, -0.2) is 4.99 Å². The van der Waals surface area contributed by atoms with Crippen LogP contribution >= 0.6 is 0 Å². The first kappa shape index (κ1) is 20.0. The molecule has 154 valence electrons. The van der Waals surface area contributed by atoms with Crippen molar-refractivity contribution in [3.05, 3.63) is 53.6 Å². The number of hydrogen-bond donors (Lipinski definition) is 1. The summed E-state index contributed by atoms with van der Waals surface area (Å²) in [6.07, 6.45) is 0.431. The predicted molar refractivity (Wildman–Crippen MR) is 119 cm³/mol. The zero-order valence-electron chi connectivity index (χ0n) is 18.1. The number of benzene rings is 2. The molecule has 0 radical (unpaired) electrons. The SMILES string of the molecule is CC(C)C#Cc1cccc(-c2ccc3c(c2)C2(CC(C)(C)O3)N=C(N)N(C)C2=O)c1. The van der Waals surface area contributed by atoms with E-state index in [1.807, 2.05) is 50.2 Å². The van der Waals surface area contributed by atoms with Gasteiger partial charge in [0.25, 0.3) is 5.91 Å². The Balaban J connectivity index is 1.84. The summed E-state index contributed by atoms with van der Waals surface area (Å²) in [7, 11) is 1.67. The summed E-state index contributed by atoms with van der Waals surface area (Å²) in [5.41, 5.74) is 8.20. The molecule has 2 aliphatic heterocycles. The molecule has 1 amide bonds. The number of nitrogens with zero attached hydrogens (tertiary/aromatic N) is 2. The van der Waals surface area contributed by atoms with E-state index in [4.69, 9.17) is 10.5 Å². The van der Waals surface area contributed by atoms with Crippen LogP contribution in [0, 0.1) is 17.8 Å². The van der Waals surface area contributed by atoms with Crippen LogP contribution in [0.5, 0.6) is 5.75 Å². The molecule has 4 rings (SSSR count). The number of rotatable bonds is 1. The summed E-state index contributed by atoms with van der Waals surface area (Å²) >= 11 is 0. The minimum atomic E-state index is -1.05. The van der Waals surface area contributed by atoms with E-state index in [-0.39, 0.29) is 11.9 Å². The molecule has 0 aliphatic carbocycles. The van der Waals surface area contributed by atoms with Gasteiger partial charge in [0.05, 0.1) is 0 Å². The third kappa shape index (κ3) is 3.33. The molecule has 5 nitrogen and oxygen atoms in total. The Morgan fingerprint density at radius 2 is 1.90 bits per heavy atom. The molecule has 1 atom stereocenters. The first-order valence-corrected chi connectivity index (χ1v) is 10.2. The van der Waals surface area contributed by atoms with Crippen molar-refractivity contribution in [1.29, 1.82) is 0 Å². The van der Waals surface area contributed by atoms with E-state index in [0.29, 0.717) is 18.1 Å². The van der Waals surface area contributed by atoms with Crippen molar-refractivity contribution < 1.29 is 9.53 Å². The molecule has 30 heavy (non-hydrogen) atoms. The maximum absolute atomic E-state index is 13.3. The highest BCUT2D eigenvalue weighted by Crippen LogP contribution is 2.49. The Morgan fingerprint density at radius 1 is 1.17 bits per heavy atom. The molecule has 0 saturated carbocycles. The normalized spacial score (nSPS) is 21.7. The molecular weight excluding hydrogens is 374 g/mol. The van der Waals surface area contributed by atoms with Gasteiger partial charge in [0.1, 0.15) is 11.4 Å². The summed E-state index contributed by atoms with van der Waals surface area (Å²) in [6, 6.07) is 14.1. The van der Waals surface area contributed by atoms with Crippen LogP contribution in [-0.4, -0.2) is 29.4 Å². The zero-order chi connectivity index (χ0) is 21.7. The molecule has 1 spiro atoms. The lowest BCUT2D eigenvalue weighted by atomic mass is 9.77. The Hall–Kier alpha value is -3.26. The molecular formula is C25H27N3O2. The summed E-state index contributed by atoms with van der Waals surface area (Å²) in [5, 5.41) is 0. The number of fused-ring (bicyclic) bond motifs is 2. The predicted octanol–water partition coefficient (Wildman–Crippen LogP) is 3.90. The number of carbonyl (C=O) groups excluding carboxylic acids is 1. The van der Waals surface area contributed by atoms with E-state index in [1.54, 1.807) is 7.05 Å². The molecule has 0 aromatic heterocycles. The van der Waals surface area contributed by atoms with Gasteiger partial charge in [-0.15, -0.1) is 0 Å². The maximum Gasteiger partial charge on any atom is 0.261 e. The number of aliphatic imine (C=N–C) groups is 1. The maximum atomic E-state index is 13.3. The largest absolute Gasteiger partial charge is 0.487 e. The highest BCUT2D eigenvalue weighted by molar-refractivity contribution is 6.07. The van der Waals surface area contributed by atoms with E-state index in [9.17, 15) is 4.79 Å². The first-order valence-electron chi connectivity index (χ1n) is 10.2. The Labute approximate surface area is 177 Å². The molecule has 0 bridgehead atoms. The van der Waals surface area contributed by atoms with Crippen molar-refractivity contribution in [3.63, 3.8) is 0 Å². The van der Waals surface area contributed by atoms with Gasteiger partial charge in [0.2, 0.25) is 0 Å². The van der Waals surface area contributed by atoms with E-state index in [1.165, 1.54) is 4.90 Å². The lowest BCUT2D eigenvalue weighted by Gasteiger charge is -2.41. The van der Waals surface area contributed by atoms with Crippen molar-refractivity contribution in [3.8, 4) is 28.7 Å². The van der Waals surface area contributed by atoms with E-state index >= 15 is 0 Å². The van der Waals surface area contributed by atoms with Crippen LogP contribution in [0.1, 0.15) is 45.2 Å². The van der Waals surface area contributed by atoms with E-state index < -0.39 is 11.1 Å². The fourth-order valence-corrected chi connectivity index (χ4v) is 4.16. The lowest BCUT2D eigenvalue weighted by Crippen LogP contribution is -2.49. The minimum Gasteiger partial charge on any atom is -0.487 e. The van der Waals surface area contributed by atoms with Crippen LogP contribution < -0.4 is 10.5 Å². The van der Waals surface area contributed by atoms with Gasteiger partial charge in [-0.05, 0) is 49.2 Å². The van der Waals surface area contributed by atoms with Crippen LogP contribution in [0.15, 0.2) is 47.5 Å². The second-order valence-corrected chi connectivity index (χ2v) is 8.95. The third-order valence-electron chi connectivity index (χ3n) is 5.50. The molecule has 2 N–H and O–H groups in total. The lowest BCUT2D eigenvalue weighted by molar-refractivity contribution is -0.133. The Kier molecular flexibility index (Phi) is 4.62. The van der Waals surface area contributed by atoms with Crippen LogP contribution in [0.25, 0.3) is 11.1 Å². The van der Waals surface area contributed by atoms with Crippen molar-refractivity contribution in [2.45, 2.75) is 45.3 Å². The minimum absolute atomic E-state index is 0.119. The van der Waals surface area contributed by atoms with Crippen molar-refractivity contribution >= 4 is 11.9 Å². The Bertz CT molecular complexity index is 1120. The second kappa shape index (κ2) is 6.91. The zero-order valence-corrected chi connectivity index (χ0v) is 18.1. The van der Waals surface area contributed by atoms with Gasteiger partial charge < -0.3 is 10.5 Å². The van der Waals surface area contributed by atoms with Gasteiger partial charge in [-0.3, -0.25) is 9.69 Å². The molecule has 0 saturated heterocycles. The van der Waals surface area contributed by atoms with Crippen LogP contribution in [-0.2, 0) is 10.3 Å². The number of hydrogen-bond acceptors (Lipinski definition) is 4. The van der Waals surface area contributed by atoms with Gasteiger partial charge in [-0.1, -0.05) is 43.9 Å². The molecule has 2 heterocycles. The number of nitrogens with two attached hydrogens (primary N) is 1. The fraction of sp³-hybridized carbons (Fsp3) is 0.360. The fourth-order valence-electron chi connectivity index (χ4n) is 4.16. The monoisotopic (exact) mass is 401 g/mol. The summed E-state index contributed by atoms with van der Waals surface area (Å²) in [4.78, 5) is 19.3. The van der Waals surface area contributed by atoms with Crippen molar-refractivity contribution in [2.24, 2.45) is 16.6 Å². The third-order valence-corrected chi connectivity index (χ3v) is 5.50. The number of likely N-dealkylation sites (N-methyl/N-ethyl adjacent to an activating group) is 1. The van der Waals surface area contributed by atoms with Gasteiger partial charge >= 0.3 is 0 Å². The summed E-state index contributed by atoms with van der Waals surface area (Å²) < 4.78 is 6.20. The van der Waals surface area contributed by atoms with Crippen molar-refractivity contribution in [1.82, 2.24) is 4.90 Å². The van der Waals surface area contributed by atoms with E-state index in [0.717, 1.165) is 22.3 Å². The summed E-state index contributed by atoms with van der Waals surface area (Å²) in [5.74, 6) is 7.52. The Morgan fingerprint density at radius 3 is 2.57 bits per heavy atom.